The van der Waals surface area contributed by atoms with Crippen molar-refractivity contribution >= 4 is 17.4 Å². The number of anilines is 1. The first-order valence-electron chi connectivity index (χ1n) is 6.90. The molecule has 2 aromatic rings. The molecule has 1 N–H and O–H groups in total. The first kappa shape index (κ1) is 15.5. The number of carbonyl (C=O) groups is 2. The van der Waals surface area contributed by atoms with Crippen LogP contribution in [0.2, 0.25) is 0 Å². The first-order valence-corrected chi connectivity index (χ1v) is 6.90. The summed E-state index contributed by atoms with van der Waals surface area (Å²) in [4.78, 5) is 24.4. The van der Waals surface area contributed by atoms with Crippen molar-refractivity contribution in [3.05, 3.63) is 65.2 Å². The Kier molecular flexibility index (Phi) is 4.70. The molecule has 0 saturated carbocycles. The molecule has 1 amide bonds. The topological polar surface area (TPSA) is 70.0 Å². The van der Waals surface area contributed by atoms with E-state index in [4.69, 9.17) is 0 Å². The summed E-state index contributed by atoms with van der Waals surface area (Å²) in [6.07, 6.45) is 0. The molecule has 4 heteroatoms. The molecule has 2 rings (SSSR count). The van der Waals surface area contributed by atoms with Gasteiger partial charge in [0.05, 0.1) is 6.07 Å². The van der Waals surface area contributed by atoms with Crippen molar-refractivity contribution in [3.63, 3.8) is 0 Å². The van der Waals surface area contributed by atoms with Crippen LogP contribution in [0.3, 0.4) is 0 Å². The maximum Gasteiger partial charge on any atom is 0.293 e. The normalized spacial score (nSPS) is 11.3. The number of para-hydroxylation sites is 1. The summed E-state index contributed by atoms with van der Waals surface area (Å²) in [7, 11) is 0. The van der Waals surface area contributed by atoms with E-state index in [9.17, 15) is 14.9 Å². The summed E-state index contributed by atoms with van der Waals surface area (Å²) in [5, 5.41) is 11.9. The standard InChI is InChI=1S/C18H16N2O2/c1-12-7-3-5-9-14(12)15(11-19)17(21)18(22)20-16-10-6-4-8-13(16)2/h3-10,15H,1-2H3,(H,20,22)/t15-/m0/s1. The van der Waals surface area contributed by atoms with Crippen molar-refractivity contribution < 1.29 is 9.59 Å². The van der Waals surface area contributed by atoms with Crippen LogP contribution in [-0.4, -0.2) is 11.7 Å². The van der Waals surface area contributed by atoms with Crippen LogP contribution >= 0.6 is 0 Å². The summed E-state index contributed by atoms with van der Waals surface area (Å²) in [5.74, 6) is -2.62. The SMILES string of the molecule is Cc1ccccc1NC(=O)C(=O)[C@@H](C#N)c1ccccc1C. The average molecular weight is 292 g/mol. The predicted molar refractivity (Wildman–Crippen MR) is 84.3 cm³/mol. The van der Waals surface area contributed by atoms with Crippen LogP contribution in [0.5, 0.6) is 0 Å². The molecular formula is C18H16N2O2. The van der Waals surface area contributed by atoms with Crippen molar-refractivity contribution in [1.82, 2.24) is 0 Å². The lowest BCUT2D eigenvalue weighted by Crippen LogP contribution is -2.28. The number of ketones is 1. The van der Waals surface area contributed by atoms with Crippen molar-refractivity contribution in [2.24, 2.45) is 0 Å². The van der Waals surface area contributed by atoms with Gasteiger partial charge < -0.3 is 5.32 Å². The number of nitriles is 1. The molecule has 0 fully saturated rings. The van der Waals surface area contributed by atoms with Crippen LogP contribution in [0, 0.1) is 25.2 Å². The van der Waals surface area contributed by atoms with Gasteiger partial charge in [-0.1, -0.05) is 42.5 Å². The quantitative estimate of drug-likeness (QED) is 0.880. The number of aryl methyl sites for hydroxylation is 2. The molecule has 0 aliphatic heterocycles. The first-order chi connectivity index (χ1) is 10.5. The zero-order chi connectivity index (χ0) is 16.1. The van der Waals surface area contributed by atoms with E-state index in [1.54, 1.807) is 24.3 Å². The van der Waals surface area contributed by atoms with Gasteiger partial charge in [0.25, 0.3) is 5.91 Å². The van der Waals surface area contributed by atoms with E-state index in [1.165, 1.54) is 0 Å². The summed E-state index contributed by atoms with van der Waals surface area (Å²) >= 11 is 0. The Balaban J connectivity index is 2.23. The highest BCUT2D eigenvalue weighted by Gasteiger charge is 2.28. The van der Waals surface area contributed by atoms with Crippen molar-refractivity contribution in [1.29, 1.82) is 5.26 Å². The van der Waals surface area contributed by atoms with Crippen LogP contribution in [-0.2, 0) is 9.59 Å². The number of hydrogen-bond acceptors (Lipinski definition) is 3. The molecule has 0 unspecified atom stereocenters. The molecule has 22 heavy (non-hydrogen) atoms. The molecule has 1 atom stereocenters. The van der Waals surface area contributed by atoms with Crippen molar-refractivity contribution in [2.45, 2.75) is 19.8 Å². The zero-order valence-electron chi connectivity index (χ0n) is 12.5. The van der Waals surface area contributed by atoms with E-state index in [2.05, 4.69) is 5.32 Å². The third kappa shape index (κ3) is 3.21. The Morgan fingerprint density at radius 1 is 1.00 bits per heavy atom. The number of rotatable bonds is 4. The van der Waals surface area contributed by atoms with E-state index in [0.717, 1.165) is 11.1 Å². The lowest BCUT2D eigenvalue weighted by atomic mass is 9.92. The third-order valence-corrected chi connectivity index (χ3v) is 3.51. The molecule has 0 aromatic heterocycles. The second-order valence-corrected chi connectivity index (χ2v) is 5.05. The molecule has 0 spiro atoms. The van der Waals surface area contributed by atoms with Gasteiger partial charge in [-0.05, 0) is 36.6 Å². The summed E-state index contributed by atoms with van der Waals surface area (Å²) in [6, 6.07) is 16.2. The van der Waals surface area contributed by atoms with E-state index in [1.807, 2.05) is 44.2 Å². The zero-order valence-corrected chi connectivity index (χ0v) is 12.5. The van der Waals surface area contributed by atoms with Crippen LogP contribution in [0.1, 0.15) is 22.6 Å². The summed E-state index contributed by atoms with van der Waals surface area (Å²) in [5.41, 5.74) is 2.80. The Morgan fingerprint density at radius 2 is 1.59 bits per heavy atom. The van der Waals surface area contributed by atoms with Gasteiger partial charge in [0.2, 0.25) is 5.78 Å². The molecule has 0 bridgehead atoms. The fourth-order valence-corrected chi connectivity index (χ4v) is 2.21. The number of nitrogens with zero attached hydrogens (tertiary/aromatic N) is 1. The second kappa shape index (κ2) is 6.68. The molecular weight excluding hydrogens is 276 g/mol. The number of Topliss-reactive ketones (excluding diaryl/α,β-unsaturated/α-hetero) is 1. The van der Waals surface area contributed by atoms with Gasteiger partial charge in [-0.2, -0.15) is 5.26 Å². The van der Waals surface area contributed by atoms with Crippen LogP contribution < -0.4 is 5.32 Å². The second-order valence-electron chi connectivity index (χ2n) is 5.05. The van der Waals surface area contributed by atoms with Crippen LogP contribution in [0.25, 0.3) is 0 Å². The van der Waals surface area contributed by atoms with Crippen LogP contribution in [0.4, 0.5) is 5.69 Å². The highest BCUT2D eigenvalue weighted by molar-refractivity contribution is 6.43. The Labute approximate surface area is 129 Å². The Morgan fingerprint density at radius 3 is 2.18 bits per heavy atom. The molecule has 0 aliphatic carbocycles. The fraction of sp³-hybridized carbons (Fsp3) is 0.167. The van der Waals surface area contributed by atoms with E-state index in [0.29, 0.717) is 11.3 Å². The third-order valence-electron chi connectivity index (χ3n) is 3.51. The smallest absolute Gasteiger partial charge is 0.293 e. The lowest BCUT2D eigenvalue weighted by Gasteiger charge is -2.12. The molecule has 0 radical (unpaired) electrons. The summed E-state index contributed by atoms with van der Waals surface area (Å²) < 4.78 is 0. The van der Waals surface area contributed by atoms with Gasteiger partial charge in [0.1, 0.15) is 5.92 Å². The van der Waals surface area contributed by atoms with Crippen molar-refractivity contribution in [3.8, 4) is 6.07 Å². The van der Waals surface area contributed by atoms with E-state index < -0.39 is 17.6 Å². The van der Waals surface area contributed by atoms with Gasteiger partial charge in [0, 0.05) is 5.69 Å². The maximum atomic E-state index is 12.3. The highest BCUT2D eigenvalue weighted by atomic mass is 16.2. The number of amides is 1. The molecule has 2 aromatic carbocycles. The minimum atomic E-state index is -1.09. The molecule has 0 saturated heterocycles. The van der Waals surface area contributed by atoms with Gasteiger partial charge in [-0.3, -0.25) is 9.59 Å². The molecule has 4 nitrogen and oxygen atoms in total. The highest BCUT2D eigenvalue weighted by Crippen LogP contribution is 2.21. The minimum Gasteiger partial charge on any atom is -0.319 e. The monoisotopic (exact) mass is 292 g/mol. The average Bonchev–Trinajstić information content (AvgIpc) is 2.52. The van der Waals surface area contributed by atoms with Gasteiger partial charge in [0.15, 0.2) is 0 Å². The Hall–Kier alpha value is -2.93. The van der Waals surface area contributed by atoms with E-state index >= 15 is 0 Å². The predicted octanol–water partition coefficient (Wildman–Crippen LogP) is 3.12. The van der Waals surface area contributed by atoms with E-state index in [-0.39, 0.29) is 0 Å². The number of hydrogen-bond donors (Lipinski definition) is 1. The largest absolute Gasteiger partial charge is 0.319 e. The fourth-order valence-electron chi connectivity index (χ4n) is 2.21. The minimum absolute atomic E-state index is 0.565. The molecule has 0 heterocycles. The lowest BCUT2D eigenvalue weighted by molar-refractivity contribution is -0.135. The van der Waals surface area contributed by atoms with Gasteiger partial charge >= 0.3 is 0 Å². The number of benzene rings is 2. The van der Waals surface area contributed by atoms with Gasteiger partial charge in [-0.25, -0.2) is 0 Å². The van der Waals surface area contributed by atoms with Crippen LogP contribution in [0.15, 0.2) is 48.5 Å². The molecule has 110 valence electrons. The maximum absolute atomic E-state index is 12.3. The summed E-state index contributed by atoms with van der Waals surface area (Å²) in [6.45, 7) is 3.65. The number of nitrogens with one attached hydrogen (secondary N) is 1. The Bertz CT molecular complexity index is 760. The van der Waals surface area contributed by atoms with Gasteiger partial charge in [-0.15, -0.1) is 0 Å². The molecule has 0 aliphatic rings. The van der Waals surface area contributed by atoms with Crippen molar-refractivity contribution in [2.75, 3.05) is 5.32 Å². The number of carbonyl (C=O) groups excluding carboxylic acids is 2.